The topological polar surface area (TPSA) is 226 Å². The highest BCUT2D eigenvalue weighted by Gasteiger charge is 2.53. The molecular formula is C54H58N6O12S4. The second-order valence-corrected chi connectivity index (χ2v) is 26.3. The minimum absolute atomic E-state index is 0.0655. The van der Waals surface area contributed by atoms with Gasteiger partial charge >= 0.3 is 0 Å². The molecular weight excluding hydrogens is 1050 g/mol. The van der Waals surface area contributed by atoms with Crippen molar-refractivity contribution in [2.45, 2.75) is 70.6 Å². The van der Waals surface area contributed by atoms with Crippen LogP contribution >= 0.6 is 0 Å². The molecule has 4 aliphatic heterocycles. The van der Waals surface area contributed by atoms with Crippen molar-refractivity contribution in [2.24, 2.45) is 0 Å². The number of amides is 2. The summed E-state index contributed by atoms with van der Waals surface area (Å²) in [6, 6.07) is 45.1. The summed E-state index contributed by atoms with van der Waals surface area (Å²) in [4.78, 5) is 23.0. The summed E-state index contributed by atoms with van der Waals surface area (Å²) >= 11 is 0. The number of rotatable bonds is 12. The van der Waals surface area contributed by atoms with E-state index in [1.165, 1.54) is 79.6 Å². The van der Waals surface area contributed by atoms with E-state index in [2.05, 4.69) is 10.6 Å². The Bertz CT molecular complexity index is 3500. The molecule has 0 aromatic heterocycles. The van der Waals surface area contributed by atoms with Crippen LogP contribution in [0.15, 0.2) is 177 Å². The number of carbonyl (C=O) groups excluding carboxylic acids is 2. The highest BCUT2D eigenvalue weighted by Crippen LogP contribution is 2.42. The Morgan fingerprint density at radius 1 is 0.382 bits per heavy atom. The lowest BCUT2D eigenvalue weighted by molar-refractivity contribution is -0.115. The van der Waals surface area contributed by atoms with Gasteiger partial charge in [0.2, 0.25) is 51.9 Å². The maximum absolute atomic E-state index is 13.7. The molecule has 0 unspecified atom stereocenters. The van der Waals surface area contributed by atoms with Gasteiger partial charge in [0.15, 0.2) is 0 Å². The van der Waals surface area contributed by atoms with Crippen molar-refractivity contribution in [3.05, 3.63) is 158 Å². The van der Waals surface area contributed by atoms with Gasteiger partial charge in [-0.1, -0.05) is 84.9 Å². The minimum atomic E-state index is -3.92. The maximum atomic E-state index is 13.7. The zero-order valence-corrected chi connectivity index (χ0v) is 45.1. The number of benzene rings is 6. The quantitative estimate of drug-likeness (QED) is 0.126. The van der Waals surface area contributed by atoms with Crippen molar-refractivity contribution in [1.29, 1.82) is 0 Å². The summed E-state index contributed by atoms with van der Waals surface area (Å²) in [5.41, 5.74) is 2.69. The molecule has 4 saturated heterocycles. The highest BCUT2D eigenvalue weighted by molar-refractivity contribution is 7.90. The van der Waals surface area contributed by atoms with Crippen LogP contribution in [0.25, 0.3) is 22.3 Å². The van der Waals surface area contributed by atoms with Crippen molar-refractivity contribution >= 4 is 63.3 Å². The lowest BCUT2D eigenvalue weighted by Gasteiger charge is -2.42. The van der Waals surface area contributed by atoms with Crippen molar-refractivity contribution in [1.82, 2.24) is 17.2 Å². The van der Waals surface area contributed by atoms with Crippen LogP contribution in [0.3, 0.4) is 0 Å². The van der Waals surface area contributed by atoms with Crippen LogP contribution in [0.4, 0.5) is 11.4 Å². The number of anilines is 2. The van der Waals surface area contributed by atoms with Crippen molar-refractivity contribution in [3.63, 3.8) is 0 Å². The molecule has 2 amide bonds. The Morgan fingerprint density at radius 3 is 0.961 bits per heavy atom. The Balaban J connectivity index is 0.000000187. The lowest BCUT2D eigenvalue weighted by Crippen LogP contribution is -2.55. The Labute approximate surface area is 444 Å². The molecule has 10 rings (SSSR count). The maximum Gasteiger partial charge on any atom is 0.245 e. The van der Waals surface area contributed by atoms with Crippen molar-refractivity contribution < 1.29 is 52.7 Å². The molecule has 4 fully saturated rings. The van der Waals surface area contributed by atoms with Crippen LogP contribution in [0.1, 0.15) is 39.5 Å². The van der Waals surface area contributed by atoms with Crippen LogP contribution in [-0.2, 0) is 59.2 Å². The first-order valence-corrected chi connectivity index (χ1v) is 30.4. The van der Waals surface area contributed by atoms with E-state index < -0.39 is 51.5 Å². The third-order valence-corrected chi connectivity index (χ3v) is 21.7. The lowest BCUT2D eigenvalue weighted by atomic mass is 10.0. The molecule has 0 saturated carbocycles. The number of hydrogen-bond acceptors (Lipinski definition) is 12. The van der Waals surface area contributed by atoms with Gasteiger partial charge in [-0.05, 0) is 95.1 Å². The van der Waals surface area contributed by atoms with Gasteiger partial charge in [0.1, 0.15) is 11.4 Å². The zero-order chi connectivity index (χ0) is 53.9. The summed E-state index contributed by atoms with van der Waals surface area (Å²) in [5, 5.41) is 5.20. The summed E-state index contributed by atoms with van der Waals surface area (Å²) in [7, 11) is -15.3. The minimum Gasteiger partial charge on any atom is -0.358 e. The van der Waals surface area contributed by atoms with E-state index in [-0.39, 0.29) is 110 Å². The number of sulfonamides is 4. The van der Waals surface area contributed by atoms with E-state index in [0.717, 1.165) is 22.3 Å². The highest BCUT2D eigenvalue weighted by atomic mass is 32.2. The van der Waals surface area contributed by atoms with E-state index in [1.54, 1.807) is 24.3 Å². The molecule has 400 valence electrons. The van der Waals surface area contributed by atoms with Gasteiger partial charge in [0, 0.05) is 90.2 Å². The molecule has 0 radical (unpaired) electrons. The molecule has 2 spiro atoms. The summed E-state index contributed by atoms with van der Waals surface area (Å²) < 4.78 is 125. The fraction of sp³-hybridized carbons (Fsp3) is 0.296. The van der Waals surface area contributed by atoms with E-state index in [9.17, 15) is 43.3 Å². The number of hydrogen-bond donors (Lipinski definition) is 2. The predicted octanol–water partition coefficient (Wildman–Crippen LogP) is 7.03. The van der Waals surface area contributed by atoms with Crippen molar-refractivity contribution in [2.75, 3.05) is 63.1 Å². The van der Waals surface area contributed by atoms with E-state index in [0.29, 0.717) is 11.4 Å². The normalized spacial score (nSPS) is 18.4. The number of nitrogens with one attached hydrogen (secondary N) is 2. The summed E-state index contributed by atoms with van der Waals surface area (Å²) in [5.74, 6) is -0.519. The first-order chi connectivity index (χ1) is 36.2. The molecule has 0 bridgehead atoms. The standard InChI is InChI=1S/C31H30N2O5S2.C23H28N4O7S2/c34-39(35,29-15-11-27(12-16-29)25-7-3-1-4-8-25)32-21-19-31(20-22-32)33(23-24-38-31)40(36,37)30-17-13-28(14-18-30)26-9-5-2-6-10-26;1-17(28)24-19-3-7-21(8-4-19)35(30,31)26-13-11-23(12-14-26)27(15-16-34-23)36(32,33)22-9-5-20(6-10-22)25-18(2)29/h1-18H,19-24H2;3-10H,11-16H2,1-2H3,(H,24,28)(H,25,29). The number of piperidine rings is 2. The average Bonchev–Trinajstić information content (AvgIpc) is 4.04. The number of nitrogens with zero attached hydrogens (tertiary/aromatic N) is 4. The fourth-order valence-electron chi connectivity index (χ4n) is 10.1. The van der Waals surface area contributed by atoms with E-state index in [1.807, 2.05) is 84.9 Å². The van der Waals surface area contributed by atoms with Gasteiger partial charge < -0.3 is 20.1 Å². The third kappa shape index (κ3) is 11.3. The largest absolute Gasteiger partial charge is 0.358 e. The third-order valence-electron chi connectivity index (χ3n) is 14.0. The second-order valence-electron chi connectivity index (χ2n) is 18.7. The monoisotopic (exact) mass is 1110 g/mol. The number of ether oxygens (including phenoxy) is 2. The van der Waals surface area contributed by atoms with Crippen LogP contribution in [0.5, 0.6) is 0 Å². The summed E-state index contributed by atoms with van der Waals surface area (Å²) in [6.45, 7) is 4.11. The molecule has 4 aliphatic rings. The van der Waals surface area contributed by atoms with Gasteiger partial charge in [-0.2, -0.15) is 17.2 Å². The van der Waals surface area contributed by atoms with Crippen LogP contribution in [0.2, 0.25) is 0 Å². The predicted molar refractivity (Wildman–Crippen MR) is 286 cm³/mol. The van der Waals surface area contributed by atoms with Crippen LogP contribution < -0.4 is 10.6 Å². The smallest absolute Gasteiger partial charge is 0.245 e. The van der Waals surface area contributed by atoms with Gasteiger partial charge in [-0.25, -0.2) is 33.7 Å². The second kappa shape index (κ2) is 22.0. The van der Waals surface area contributed by atoms with E-state index >= 15 is 0 Å². The molecule has 76 heavy (non-hydrogen) atoms. The Hall–Kier alpha value is -6.18. The number of carbonyl (C=O) groups is 2. The van der Waals surface area contributed by atoms with Crippen LogP contribution in [0, 0.1) is 0 Å². The molecule has 18 nitrogen and oxygen atoms in total. The first-order valence-electron chi connectivity index (χ1n) is 24.6. The Morgan fingerprint density at radius 2 is 0.658 bits per heavy atom. The van der Waals surface area contributed by atoms with Crippen molar-refractivity contribution in [3.8, 4) is 22.3 Å². The van der Waals surface area contributed by atoms with Gasteiger partial charge in [0.05, 0.1) is 32.8 Å². The van der Waals surface area contributed by atoms with Gasteiger partial charge in [-0.3, -0.25) is 9.59 Å². The van der Waals surface area contributed by atoms with Gasteiger partial charge in [0.25, 0.3) is 0 Å². The molecule has 2 N–H and O–H groups in total. The Kier molecular flexibility index (Phi) is 15.8. The fourth-order valence-corrected chi connectivity index (χ4v) is 16.4. The molecule has 0 atom stereocenters. The molecule has 0 aliphatic carbocycles. The van der Waals surface area contributed by atoms with Crippen LogP contribution in [-0.4, -0.2) is 127 Å². The molecule has 4 heterocycles. The molecule has 6 aromatic rings. The SMILES string of the molecule is CC(=O)Nc1ccc(S(=O)(=O)N2CCC3(CC2)OCCN3S(=O)(=O)c2ccc(NC(C)=O)cc2)cc1.O=S(=O)(c1ccc(-c2ccccc2)cc1)N1CCC2(CC1)OCCN2S(=O)(=O)c1ccc(-c2ccccc2)cc1. The molecule has 22 heteroatoms. The summed E-state index contributed by atoms with van der Waals surface area (Å²) in [6.07, 6.45) is 0.879. The average molecular weight is 1110 g/mol. The van der Waals surface area contributed by atoms with E-state index in [4.69, 9.17) is 9.47 Å². The van der Waals surface area contributed by atoms with Gasteiger partial charge in [-0.15, -0.1) is 0 Å². The zero-order valence-electron chi connectivity index (χ0n) is 41.8. The first kappa shape index (κ1) is 54.6. The molecule has 6 aromatic carbocycles.